The summed E-state index contributed by atoms with van der Waals surface area (Å²) in [5.41, 5.74) is 6.09. The van der Waals surface area contributed by atoms with E-state index < -0.39 is 24.5 Å². The molecule has 1 atom stereocenters. The van der Waals surface area contributed by atoms with Crippen molar-refractivity contribution in [2.75, 3.05) is 18.5 Å². The minimum atomic E-state index is -0.952. The predicted molar refractivity (Wildman–Crippen MR) is 89.1 cm³/mol. The van der Waals surface area contributed by atoms with Crippen molar-refractivity contribution in [3.63, 3.8) is 0 Å². The number of amidine groups is 1. The van der Waals surface area contributed by atoms with E-state index in [1.165, 1.54) is 0 Å². The van der Waals surface area contributed by atoms with Crippen molar-refractivity contribution in [3.8, 4) is 0 Å². The van der Waals surface area contributed by atoms with Crippen LogP contribution < -0.4 is 11.1 Å². The lowest BCUT2D eigenvalue weighted by Crippen LogP contribution is -2.38. The number of alkyl halides is 1. The Balaban J connectivity index is 1.91. The molecule has 0 aromatic carbocycles. The molecule has 0 spiro atoms. The molecule has 1 aliphatic rings. The molecule has 1 unspecified atom stereocenters. The van der Waals surface area contributed by atoms with Crippen LogP contribution in [0.4, 0.5) is 10.3 Å². The van der Waals surface area contributed by atoms with Gasteiger partial charge in [-0.05, 0) is 25.5 Å². The number of nitrogens with two attached hydrogens (primary N) is 1. The van der Waals surface area contributed by atoms with Crippen LogP contribution in [0.15, 0.2) is 28.6 Å². The van der Waals surface area contributed by atoms with Gasteiger partial charge in [0.2, 0.25) is 5.91 Å². The zero-order valence-electron chi connectivity index (χ0n) is 14.3. The number of carbonyl (C=O) groups excluding carboxylic acids is 2. The molecule has 4 N–H and O–H groups in total. The monoisotopic (exact) mass is 366 g/mol. The number of hydrogen-bond acceptors (Lipinski definition) is 8. The van der Waals surface area contributed by atoms with Crippen molar-refractivity contribution in [2.45, 2.75) is 26.3 Å². The highest BCUT2D eigenvalue weighted by Gasteiger charge is 2.25. The number of anilines is 1. The third-order valence-corrected chi connectivity index (χ3v) is 3.57. The second kappa shape index (κ2) is 8.80. The van der Waals surface area contributed by atoms with Gasteiger partial charge < -0.3 is 10.6 Å². The highest BCUT2D eigenvalue weighted by molar-refractivity contribution is 6.06. The number of allylic oxidation sites excluding steroid dienone is 1. The number of amides is 2. The molecule has 140 valence electrons. The fourth-order valence-corrected chi connectivity index (χ4v) is 1.94. The molecule has 0 radical (unpaired) electrons. The van der Waals surface area contributed by atoms with Gasteiger partial charge in [-0.25, -0.2) is 4.39 Å². The minimum absolute atomic E-state index is 0.0195. The van der Waals surface area contributed by atoms with Gasteiger partial charge in [0.15, 0.2) is 12.5 Å². The number of H-pyrrole nitrogens is 1. The van der Waals surface area contributed by atoms with Crippen LogP contribution in [0.25, 0.3) is 0 Å². The second-order valence-electron chi connectivity index (χ2n) is 5.37. The van der Waals surface area contributed by atoms with Crippen LogP contribution in [0.5, 0.6) is 0 Å². The lowest BCUT2D eigenvalue weighted by molar-refractivity contribution is -0.123. The molecule has 2 heterocycles. The van der Waals surface area contributed by atoms with Crippen LogP contribution in [0.1, 0.15) is 20.3 Å². The van der Waals surface area contributed by atoms with Crippen molar-refractivity contribution in [1.82, 2.24) is 25.5 Å². The van der Waals surface area contributed by atoms with Crippen LogP contribution in [-0.4, -0.2) is 62.4 Å². The summed E-state index contributed by atoms with van der Waals surface area (Å²) in [7, 11) is 0. The first-order valence-corrected chi connectivity index (χ1v) is 7.68. The van der Waals surface area contributed by atoms with Crippen LogP contribution in [0, 0.1) is 0 Å². The lowest BCUT2D eigenvalue weighted by atomic mass is 10.2. The molecule has 26 heavy (non-hydrogen) atoms. The molecule has 0 fully saturated rings. The molecule has 1 aromatic heterocycles. The summed E-state index contributed by atoms with van der Waals surface area (Å²) in [5, 5.41) is 18.7. The average molecular weight is 366 g/mol. The number of oxime groups is 1. The Morgan fingerprint density at radius 1 is 1.46 bits per heavy atom. The van der Waals surface area contributed by atoms with E-state index in [4.69, 9.17) is 10.6 Å². The number of halogens is 1. The highest BCUT2D eigenvalue weighted by atomic mass is 19.1. The van der Waals surface area contributed by atoms with E-state index in [9.17, 15) is 14.0 Å². The Morgan fingerprint density at radius 3 is 2.88 bits per heavy atom. The van der Waals surface area contributed by atoms with Crippen LogP contribution in [-0.2, 0) is 14.4 Å². The third kappa shape index (κ3) is 4.69. The maximum absolute atomic E-state index is 13.1. The van der Waals surface area contributed by atoms with E-state index >= 15 is 0 Å². The average Bonchev–Trinajstić information content (AvgIpc) is 3.11. The maximum atomic E-state index is 13.1. The van der Waals surface area contributed by atoms with Crippen molar-refractivity contribution in [1.29, 1.82) is 0 Å². The van der Waals surface area contributed by atoms with Gasteiger partial charge in [-0.3, -0.25) is 19.8 Å². The molecule has 11 nitrogen and oxygen atoms in total. The Kier molecular flexibility index (Phi) is 6.49. The summed E-state index contributed by atoms with van der Waals surface area (Å²) in [4.78, 5) is 30.3. The van der Waals surface area contributed by atoms with Gasteiger partial charge in [0.05, 0.1) is 11.6 Å². The van der Waals surface area contributed by atoms with Crippen molar-refractivity contribution >= 4 is 23.6 Å². The van der Waals surface area contributed by atoms with Gasteiger partial charge in [0.1, 0.15) is 5.76 Å². The van der Waals surface area contributed by atoms with E-state index in [0.717, 1.165) is 4.90 Å². The summed E-state index contributed by atoms with van der Waals surface area (Å²) in [6, 6.07) is -0.855. The number of nitrogens with zero attached hydrogens (tertiary/aromatic N) is 5. The minimum Gasteiger partial charge on any atom is -0.359 e. The lowest BCUT2D eigenvalue weighted by Gasteiger charge is -2.18. The molecule has 0 aliphatic carbocycles. The standard InChI is InChI=1S/C14H19FN8O3/c1-8-9(2)26-20-11(7-15)23(13(8)25)6-4-3-5-10(16)12(24)17-14-18-21-22-19-14/h3-4,10H,5-7,16H2,1-2H3,(H2,17,18,19,21,22,24). The van der Waals surface area contributed by atoms with Gasteiger partial charge in [0, 0.05) is 6.54 Å². The smallest absolute Gasteiger partial charge is 0.269 e. The predicted octanol–water partition coefficient (Wildman–Crippen LogP) is -0.152. The summed E-state index contributed by atoms with van der Waals surface area (Å²) in [5.74, 6) is -0.690. The van der Waals surface area contributed by atoms with E-state index in [2.05, 4.69) is 31.1 Å². The zero-order valence-corrected chi connectivity index (χ0v) is 14.3. The molecule has 2 rings (SSSR count). The van der Waals surface area contributed by atoms with E-state index in [1.54, 1.807) is 26.0 Å². The first kappa shape index (κ1) is 19.2. The summed E-state index contributed by atoms with van der Waals surface area (Å²) in [6.45, 7) is 2.26. The number of hydrogen-bond donors (Lipinski definition) is 3. The molecule has 0 saturated heterocycles. The van der Waals surface area contributed by atoms with Gasteiger partial charge in [-0.1, -0.05) is 22.4 Å². The number of rotatable bonds is 7. The van der Waals surface area contributed by atoms with E-state index in [0.29, 0.717) is 11.3 Å². The van der Waals surface area contributed by atoms with Crippen molar-refractivity contribution in [3.05, 3.63) is 23.5 Å². The molecule has 1 aromatic rings. The number of carbonyl (C=O) groups is 2. The molecule has 0 bridgehead atoms. The van der Waals surface area contributed by atoms with Crippen LogP contribution >= 0.6 is 0 Å². The first-order chi connectivity index (χ1) is 12.4. The second-order valence-corrected chi connectivity index (χ2v) is 5.37. The number of nitrogens with one attached hydrogen (secondary N) is 2. The van der Waals surface area contributed by atoms with Gasteiger partial charge in [-0.2, -0.15) is 5.21 Å². The topological polar surface area (TPSA) is 151 Å². The maximum Gasteiger partial charge on any atom is 0.269 e. The summed E-state index contributed by atoms with van der Waals surface area (Å²) < 4.78 is 13.1. The normalized spacial score (nSPS) is 16.4. The fourth-order valence-electron chi connectivity index (χ4n) is 1.94. The molecular formula is C14H19FN8O3. The molecule has 0 saturated carbocycles. The van der Waals surface area contributed by atoms with Gasteiger partial charge in [-0.15, -0.1) is 5.10 Å². The van der Waals surface area contributed by atoms with E-state index in [-0.39, 0.29) is 24.7 Å². The van der Waals surface area contributed by atoms with Crippen molar-refractivity contribution in [2.24, 2.45) is 10.9 Å². The largest absolute Gasteiger partial charge is 0.359 e. The quantitative estimate of drug-likeness (QED) is 0.567. The Bertz CT molecular complexity index is 743. The van der Waals surface area contributed by atoms with E-state index in [1.807, 2.05) is 0 Å². The fraction of sp³-hybridized carbons (Fsp3) is 0.429. The number of aromatic amines is 1. The number of aromatic nitrogens is 4. The summed E-state index contributed by atoms with van der Waals surface area (Å²) >= 11 is 0. The Labute approximate surface area is 148 Å². The number of tetrazole rings is 1. The SMILES string of the molecule is CC1=C(C)C(=O)N(CC=CCC(N)C(=O)Nc2nn[nH]n2)C(CF)=NO1. The Hall–Kier alpha value is -3.15. The molecule has 1 aliphatic heterocycles. The summed E-state index contributed by atoms with van der Waals surface area (Å²) in [6.07, 6.45) is 3.40. The molecular weight excluding hydrogens is 347 g/mol. The van der Waals surface area contributed by atoms with Crippen molar-refractivity contribution < 1.29 is 18.8 Å². The molecule has 12 heteroatoms. The van der Waals surface area contributed by atoms with Gasteiger partial charge in [0.25, 0.3) is 11.9 Å². The van der Waals surface area contributed by atoms with Crippen LogP contribution in [0.2, 0.25) is 0 Å². The van der Waals surface area contributed by atoms with Crippen LogP contribution in [0.3, 0.4) is 0 Å². The zero-order chi connectivity index (χ0) is 19.1. The third-order valence-electron chi connectivity index (χ3n) is 3.57. The van der Waals surface area contributed by atoms with Gasteiger partial charge >= 0.3 is 0 Å². The first-order valence-electron chi connectivity index (χ1n) is 7.68. The molecule has 2 amide bonds. The highest BCUT2D eigenvalue weighted by Crippen LogP contribution is 2.15. The Morgan fingerprint density at radius 2 is 2.23 bits per heavy atom.